The lowest BCUT2D eigenvalue weighted by atomic mass is 10.2. The van der Waals surface area contributed by atoms with Gasteiger partial charge in [-0.1, -0.05) is 5.21 Å². The molecular weight excluding hydrogens is 208 g/mol. The average molecular weight is 218 g/mol. The van der Waals surface area contributed by atoms with Gasteiger partial charge >= 0.3 is 0 Å². The molecule has 2 rings (SSSR count). The molecule has 82 valence electrons. The fourth-order valence-electron chi connectivity index (χ4n) is 1.44. The van der Waals surface area contributed by atoms with Crippen molar-refractivity contribution >= 4 is 28.5 Å². The van der Waals surface area contributed by atoms with Crippen molar-refractivity contribution in [3.63, 3.8) is 0 Å². The fraction of sp³-hybridized carbons (Fsp3) is 0.200. The number of hydrogen-bond acceptors (Lipinski definition) is 4. The van der Waals surface area contributed by atoms with Crippen molar-refractivity contribution in [3.05, 3.63) is 18.2 Å². The van der Waals surface area contributed by atoms with E-state index in [2.05, 4.69) is 15.6 Å². The van der Waals surface area contributed by atoms with Crippen LogP contribution in [0.1, 0.15) is 18.6 Å². The van der Waals surface area contributed by atoms with Crippen LogP contribution in [0, 0.1) is 0 Å². The van der Waals surface area contributed by atoms with Crippen molar-refractivity contribution in [2.75, 3.05) is 5.32 Å². The van der Waals surface area contributed by atoms with Crippen LogP contribution in [0.2, 0.25) is 0 Å². The molecule has 0 radical (unpaired) electrons. The average Bonchev–Trinajstić information content (AvgIpc) is 2.59. The first kappa shape index (κ1) is 10.3. The van der Waals surface area contributed by atoms with Crippen LogP contribution in [0.5, 0.6) is 0 Å². The van der Waals surface area contributed by atoms with E-state index in [1.807, 2.05) is 0 Å². The molecular formula is C10H10N4O2. The number of hydrogen-bond donors (Lipinski definition) is 1. The smallest absolute Gasteiger partial charge is 0.245 e. The summed E-state index contributed by atoms with van der Waals surface area (Å²) in [6, 6.07) is 5.07. The molecule has 0 saturated heterocycles. The third kappa shape index (κ3) is 1.77. The highest BCUT2D eigenvalue weighted by Gasteiger charge is 2.08. The molecule has 0 aliphatic carbocycles. The molecule has 0 fully saturated rings. The molecule has 0 atom stereocenters. The number of anilines is 1. The van der Waals surface area contributed by atoms with Gasteiger partial charge in [-0.3, -0.25) is 9.59 Å². The molecule has 1 N–H and O–H groups in total. The topological polar surface area (TPSA) is 76.9 Å². The summed E-state index contributed by atoms with van der Waals surface area (Å²) in [4.78, 5) is 22.0. The van der Waals surface area contributed by atoms with Gasteiger partial charge in [0.1, 0.15) is 5.52 Å². The molecule has 1 aromatic carbocycles. The summed E-state index contributed by atoms with van der Waals surface area (Å²) < 4.78 is 1.22. The summed E-state index contributed by atoms with van der Waals surface area (Å²) in [6.45, 7) is 2.84. The maximum absolute atomic E-state index is 11.2. The summed E-state index contributed by atoms with van der Waals surface area (Å²) in [5.41, 5.74) is 1.83. The van der Waals surface area contributed by atoms with E-state index in [0.717, 1.165) is 0 Å². The monoisotopic (exact) mass is 218 g/mol. The molecule has 1 heterocycles. The number of carbonyl (C=O) groups excluding carboxylic acids is 2. The minimum atomic E-state index is -0.199. The van der Waals surface area contributed by atoms with Gasteiger partial charge in [0.2, 0.25) is 11.8 Å². The van der Waals surface area contributed by atoms with Gasteiger partial charge in [0.15, 0.2) is 0 Å². The number of aromatic nitrogens is 3. The van der Waals surface area contributed by atoms with Crippen molar-refractivity contribution in [3.8, 4) is 0 Å². The maximum atomic E-state index is 11.2. The zero-order valence-electron chi connectivity index (χ0n) is 8.89. The standard InChI is InChI=1S/C10H10N4O2/c1-6(15)11-8-3-4-10-9(5-8)12-13-14(10)7(2)16/h3-5H,1-2H3,(H,11,15). The zero-order valence-corrected chi connectivity index (χ0v) is 8.89. The molecule has 0 bridgehead atoms. The van der Waals surface area contributed by atoms with E-state index in [-0.39, 0.29) is 11.8 Å². The summed E-state index contributed by atoms with van der Waals surface area (Å²) >= 11 is 0. The number of rotatable bonds is 1. The lowest BCUT2D eigenvalue weighted by Crippen LogP contribution is -2.07. The van der Waals surface area contributed by atoms with E-state index in [1.54, 1.807) is 18.2 Å². The Morgan fingerprint density at radius 2 is 2.06 bits per heavy atom. The van der Waals surface area contributed by atoms with Gasteiger partial charge in [0.05, 0.1) is 5.52 Å². The van der Waals surface area contributed by atoms with E-state index >= 15 is 0 Å². The second-order valence-corrected chi connectivity index (χ2v) is 3.40. The Labute approximate surface area is 91.2 Å². The fourth-order valence-corrected chi connectivity index (χ4v) is 1.44. The number of nitrogens with one attached hydrogen (secondary N) is 1. The van der Waals surface area contributed by atoms with Crippen molar-refractivity contribution in [2.24, 2.45) is 0 Å². The first-order chi connectivity index (χ1) is 7.58. The number of nitrogens with zero attached hydrogens (tertiary/aromatic N) is 3. The molecule has 0 aliphatic heterocycles. The predicted octanol–water partition coefficient (Wildman–Crippen LogP) is 1.05. The molecule has 6 heteroatoms. The summed E-state index contributed by atoms with van der Waals surface area (Å²) in [5.74, 6) is -0.354. The molecule has 0 unspecified atom stereocenters. The first-order valence-corrected chi connectivity index (χ1v) is 4.72. The summed E-state index contributed by atoms with van der Waals surface area (Å²) in [5, 5.41) is 10.2. The van der Waals surface area contributed by atoms with Crippen LogP contribution in [0.25, 0.3) is 11.0 Å². The Morgan fingerprint density at radius 3 is 2.69 bits per heavy atom. The number of carbonyl (C=O) groups is 2. The highest BCUT2D eigenvalue weighted by molar-refractivity contribution is 5.93. The van der Waals surface area contributed by atoms with Gasteiger partial charge in [-0.05, 0) is 18.2 Å². The van der Waals surface area contributed by atoms with Crippen LogP contribution in [0.15, 0.2) is 18.2 Å². The van der Waals surface area contributed by atoms with Gasteiger partial charge in [-0.15, -0.1) is 5.10 Å². The summed E-state index contributed by atoms with van der Waals surface area (Å²) in [7, 11) is 0. The molecule has 0 spiro atoms. The van der Waals surface area contributed by atoms with Crippen LogP contribution >= 0.6 is 0 Å². The quantitative estimate of drug-likeness (QED) is 0.776. The van der Waals surface area contributed by atoms with E-state index in [4.69, 9.17) is 0 Å². The van der Waals surface area contributed by atoms with E-state index in [1.165, 1.54) is 18.5 Å². The Bertz CT molecular complexity index is 573. The van der Waals surface area contributed by atoms with Gasteiger partial charge in [0, 0.05) is 19.5 Å². The molecule has 16 heavy (non-hydrogen) atoms. The SMILES string of the molecule is CC(=O)Nc1ccc2c(c1)nnn2C(C)=O. The van der Waals surface area contributed by atoms with E-state index < -0.39 is 0 Å². The van der Waals surface area contributed by atoms with Crippen LogP contribution in [-0.2, 0) is 4.79 Å². The predicted molar refractivity (Wildman–Crippen MR) is 58.1 cm³/mol. The Kier molecular flexibility index (Phi) is 2.40. The van der Waals surface area contributed by atoms with E-state index in [9.17, 15) is 9.59 Å². The highest BCUT2D eigenvalue weighted by atomic mass is 16.2. The van der Waals surface area contributed by atoms with Crippen LogP contribution in [0.4, 0.5) is 5.69 Å². The van der Waals surface area contributed by atoms with Crippen molar-refractivity contribution in [2.45, 2.75) is 13.8 Å². The van der Waals surface area contributed by atoms with Gasteiger partial charge < -0.3 is 5.32 Å². The third-order valence-corrected chi connectivity index (χ3v) is 2.06. The summed E-state index contributed by atoms with van der Waals surface area (Å²) in [6.07, 6.45) is 0. The van der Waals surface area contributed by atoms with Crippen molar-refractivity contribution in [1.29, 1.82) is 0 Å². The minimum Gasteiger partial charge on any atom is -0.326 e. The number of benzene rings is 1. The van der Waals surface area contributed by atoms with Gasteiger partial charge in [0.25, 0.3) is 0 Å². The van der Waals surface area contributed by atoms with Crippen molar-refractivity contribution < 1.29 is 9.59 Å². The van der Waals surface area contributed by atoms with Crippen LogP contribution in [-0.4, -0.2) is 26.8 Å². The zero-order chi connectivity index (χ0) is 11.7. The van der Waals surface area contributed by atoms with Gasteiger partial charge in [-0.25, -0.2) is 0 Å². The molecule has 1 amide bonds. The number of amides is 1. The second kappa shape index (κ2) is 3.73. The Morgan fingerprint density at radius 1 is 1.31 bits per heavy atom. The molecule has 1 aromatic heterocycles. The normalized spacial score (nSPS) is 10.4. The maximum Gasteiger partial charge on any atom is 0.245 e. The minimum absolute atomic E-state index is 0.154. The lowest BCUT2D eigenvalue weighted by Gasteiger charge is -2.01. The van der Waals surface area contributed by atoms with Crippen molar-refractivity contribution in [1.82, 2.24) is 15.0 Å². The molecule has 0 aliphatic rings. The third-order valence-electron chi connectivity index (χ3n) is 2.06. The second-order valence-electron chi connectivity index (χ2n) is 3.40. The molecule has 2 aromatic rings. The lowest BCUT2D eigenvalue weighted by molar-refractivity contribution is -0.114. The highest BCUT2D eigenvalue weighted by Crippen LogP contribution is 2.16. The Hall–Kier alpha value is -2.24. The number of fused-ring (bicyclic) bond motifs is 1. The van der Waals surface area contributed by atoms with E-state index in [0.29, 0.717) is 16.7 Å². The van der Waals surface area contributed by atoms with Crippen LogP contribution < -0.4 is 5.32 Å². The molecule has 0 saturated carbocycles. The van der Waals surface area contributed by atoms with Crippen LogP contribution in [0.3, 0.4) is 0 Å². The molecule has 6 nitrogen and oxygen atoms in total. The van der Waals surface area contributed by atoms with Gasteiger partial charge in [-0.2, -0.15) is 4.68 Å². The largest absolute Gasteiger partial charge is 0.326 e. The Balaban J connectivity index is 2.49. The first-order valence-electron chi connectivity index (χ1n) is 4.72.